The van der Waals surface area contributed by atoms with Gasteiger partial charge in [0, 0.05) is 12.2 Å². The van der Waals surface area contributed by atoms with E-state index in [2.05, 4.69) is 63.3 Å². The summed E-state index contributed by atoms with van der Waals surface area (Å²) in [6.07, 6.45) is 0. The van der Waals surface area contributed by atoms with E-state index in [0.717, 1.165) is 12.3 Å². The maximum absolute atomic E-state index is 5.93. The summed E-state index contributed by atoms with van der Waals surface area (Å²) in [5.41, 5.74) is 5.08. The van der Waals surface area contributed by atoms with Gasteiger partial charge in [0.2, 0.25) is 0 Å². The molecular weight excluding hydrogens is 258 g/mol. The Labute approximate surface area is 128 Å². The van der Waals surface area contributed by atoms with Crippen LogP contribution in [0.25, 0.3) is 0 Å². The minimum atomic E-state index is 0.480. The van der Waals surface area contributed by atoms with Gasteiger partial charge >= 0.3 is 0 Å². The van der Waals surface area contributed by atoms with E-state index in [9.17, 15) is 0 Å². The number of aryl methyl sites for hydroxylation is 1. The van der Waals surface area contributed by atoms with Gasteiger partial charge in [-0.2, -0.15) is 0 Å². The molecule has 0 saturated heterocycles. The van der Waals surface area contributed by atoms with Gasteiger partial charge in [0.1, 0.15) is 12.4 Å². The van der Waals surface area contributed by atoms with Crippen LogP contribution in [0.3, 0.4) is 0 Å². The molecule has 0 fully saturated rings. The zero-order valence-electron chi connectivity index (χ0n) is 13.4. The quantitative estimate of drug-likeness (QED) is 0.760. The average molecular weight is 283 g/mol. The highest BCUT2D eigenvalue weighted by atomic mass is 16.5. The van der Waals surface area contributed by atoms with Crippen molar-refractivity contribution in [2.24, 2.45) is 0 Å². The van der Waals surface area contributed by atoms with Gasteiger partial charge in [0.05, 0.1) is 0 Å². The zero-order valence-corrected chi connectivity index (χ0v) is 13.4. The number of hydrogen-bond acceptors (Lipinski definition) is 2. The Kier molecular flexibility index (Phi) is 5.26. The second kappa shape index (κ2) is 7.16. The summed E-state index contributed by atoms with van der Waals surface area (Å²) in [7, 11) is 0. The van der Waals surface area contributed by atoms with Crippen molar-refractivity contribution in [3.63, 3.8) is 0 Å². The fourth-order valence-electron chi connectivity index (χ4n) is 2.38. The molecule has 2 aromatic rings. The summed E-state index contributed by atoms with van der Waals surface area (Å²) in [4.78, 5) is 0. The van der Waals surface area contributed by atoms with Gasteiger partial charge in [-0.1, -0.05) is 44.2 Å². The summed E-state index contributed by atoms with van der Waals surface area (Å²) in [5.74, 6) is 1.48. The molecule has 21 heavy (non-hydrogen) atoms. The largest absolute Gasteiger partial charge is 0.491 e. The number of benzene rings is 2. The summed E-state index contributed by atoms with van der Waals surface area (Å²) in [6, 6.07) is 14.6. The lowest BCUT2D eigenvalue weighted by atomic mass is 10.0. The summed E-state index contributed by atoms with van der Waals surface area (Å²) in [6.45, 7) is 10.1. The molecule has 0 saturated carbocycles. The van der Waals surface area contributed by atoms with Gasteiger partial charge in [-0.25, -0.2) is 0 Å². The molecule has 0 aliphatic rings. The van der Waals surface area contributed by atoms with Crippen LogP contribution >= 0.6 is 0 Å². The van der Waals surface area contributed by atoms with Crippen molar-refractivity contribution < 1.29 is 4.74 Å². The van der Waals surface area contributed by atoms with E-state index in [1.165, 1.54) is 22.4 Å². The molecule has 0 aromatic heterocycles. The molecule has 2 aromatic carbocycles. The number of nitrogens with one attached hydrogen (secondary N) is 1. The predicted molar refractivity (Wildman–Crippen MR) is 90.4 cm³/mol. The smallest absolute Gasteiger partial charge is 0.122 e. The highest BCUT2D eigenvalue weighted by Crippen LogP contribution is 2.25. The molecular formula is C19H25NO. The molecule has 2 rings (SSSR count). The Morgan fingerprint density at radius 1 is 1.00 bits per heavy atom. The van der Waals surface area contributed by atoms with Crippen LogP contribution in [0.1, 0.15) is 36.5 Å². The maximum Gasteiger partial charge on any atom is 0.122 e. The van der Waals surface area contributed by atoms with Crippen LogP contribution in [-0.2, 0) is 0 Å². The first-order valence-electron chi connectivity index (χ1n) is 7.61. The number of rotatable bonds is 6. The summed E-state index contributed by atoms with van der Waals surface area (Å²) in [5, 5.41) is 3.45. The van der Waals surface area contributed by atoms with Crippen LogP contribution < -0.4 is 10.1 Å². The molecule has 0 aliphatic heterocycles. The van der Waals surface area contributed by atoms with E-state index in [4.69, 9.17) is 4.74 Å². The Morgan fingerprint density at radius 3 is 2.52 bits per heavy atom. The molecule has 0 unspecified atom stereocenters. The van der Waals surface area contributed by atoms with Crippen molar-refractivity contribution in [3.8, 4) is 5.75 Å². The third kappa shape index (κ3) is 4.01. The Bertz CT molecular complexity index is 590. The first-order chi connectivity index (χ1) is 10.1. The van der Waals surface area contributed by atoms with E-state index in [1.807, 2.05) is 12.1 Å². The number of anilines is 1. The maximum atomic E-state index is 5.93. The minimum Gasteiger partial charge on any atom is -0.491 e. The highest BCUT2D eigenvalue weighted by molar-refractivity contribution is 5.53. The predicted octanol–water partition coefficient (Wildman–Crippen LogP) is 4.92. The van der Waals surface area contributed by atoms with Crippen molar-refractivity contribution in [3.05, 3.63) is 59.2 Å². The molecule has 0 atom stereocenters. The first kappa shape index (κ1) is 15.4. The van der Waals surface area contributed by atoms with Crippen LogP contribution in [0.15, 0.2) is 42.5 Å². The van der Waals surface area contributed by atoms with Crippen molar-refractivity contribution in [2.75, 3.05) is 18.5 Å². The van der Waals surface area contributed by atoms with Gasteiger partial charge in [-0.3, -0.25) is 0 Å². The Balaban J connectivity index is 1.89. The third-order valence-corrected chi connectivity index (χ3v) is 3.82. The summed E-state index contributed by atoms with van der Waals surface area (Å²) >= 11 is 0. The molecule has 0 heterocycles. The lowest BCUT2D eigenvalue weighted by Crippen LogP contribution is -2.13. The molecule has 0 amide bonds. The van der Waals surface area contributed by atoms with Crippen molar-refractivity contribution in [1.82, 2.24) is 0 Å². The lowest BCUT2D eigenvalue weighted by Gasteiger charge is -2.15. The van der Waals surface area contributed by atoms with Gasteiger partial charge in [0.15, 0.2) is 0 Å². The minimum absolute atomic E-state index is 0.480. The molecule has 0 spiro atoms. The highest BCUT2D eigenvalue weighted by Gasteiger charge is 2.06. The number of ether oxygens (including phenoxy) is 1. The van der Waals surface area contributed by atoms with E-state index < -0.39 is 0 Å². The van der Waals surface area contributed by atoms with E-state index in [0.29, 0.717) is 12.5 Å². The fourth-order valence-corrected chi connectivity index (χ4v) is 2.38. The van der Waals surface area contributed by atoms with Gasteiger partial charge in [0.25, 0.3) is 0 Å². The molecule has 0 bridgehead atoms. The Hall–Kier alpha value is -1.96. The molecule has 2 heteroatoms. The van der Waals surface area contributed by atoms with Crippen molar-refractivity contribution in [1.29, 1.82) is 0 Å². The second-order valence-corrected chi connectivity index (χ2v) is 5.72. The molecule has 0 radical (unpaired) electrons. The van der Waals surface area contributed by atoms with Crippen LogP contribution in [-0.4, -0.2) is 13.2 Å². The van der Waals surface area contributed by atoms with Crippen LogP contribution in [0.5, 0.6) is 5.75 Å². The normalized spacial score (nSPS) is 10.7. The fraction of sp³-hybridized carbons (Fsp3) is 0.368. The van der Waals surface area contributed by atoms with E-state index >= 15 is 0 Å². The van der Waals surface area contributed by atoms with Crippen LogP contribution in [0.4, 0.5) is 5.69 Å². The van der Waals surface area contributed by atoms with Gasteiger partial charge < -0.3 is 10.1 Å². The summed E-state index contributed by atoms with van der Waals surface area (Å²) < 4.78 is 5.93. The van der Waals surface area contributed by atoms with Gasteiger partial charge in [-0.15, -0.1) is 0 Å². The average Bonchev–Trinajstić information content (AvgIpc) is 2.48. The molecule has 112 valence electrons. The van der Waals surface area contributed by atoms with E-state index in [1.54, 1.807) is 0 Å². The van der Waals surface area contributed by atoms with Crippen molar-refractivity contribution >= 4 is 5.69 Å². The molecule has 2 nitrogen and oxygen atoms in total. The SMILES string of the molecule is Cc1cccc(NCCOc2ccccc2C(C)C)c1C. The number of hydrogen-bond donors (Lipinski definition) is 1. The molecule has 1 N–H and O–H groups in total. The van der Waals surface area contributed by atoms with E-state index in [-0.39, 0.29) is 0 Å². The van der Waals surface area contributed by atoms with Crippen LogP contribution in [0, 0.1) is 13.8 Å². The monoisotopic (exact) mass is 283 g/mol. The van der Waals surface area contributed by atoms with Gasteiger partial charge in [-0.05, 0) is 48.6 Å². The molecule has 0 aliphatic carbocycles. The number of para-hydroxylation sites is 1. The lowest BCUT2D eigenvalue weighted by molar-refractivity contribution is 0.328. The standard InChI is InChI=1S/C19H25NO/c1-14(2)17-9-5-6-11-19(17)21-13-12-20-18-10-7-8-15(3)16(18)4/h5-11,14,20H,12-13H2,1-4H3. The first-order valence-corrected chi connectivity index (χ1v) is 7.61. The topological polar surface area (TPSA) is 21.3 Å². The van der Waals surface area contributed by atoms with Crippen LogP contribution in [0.2, 0.25) is 0 Å². The third-order valence-electron chi connectivity index (χ3n) is 3.82. The Morgan fingerprint density at radius 2 is 1.76 bits per heavy atom. The zero-order chi connectivity index (χ0) is 15.2. The van der Waals surface area contributed by atoms with Crippen molar-refractivity contribution in [2.45, 2.75) is 33.6 Å². The second-order valence-electron chi connectivity index (χ2n) is 5.72.